The van der Waals surface area contributed by atoms with Gasteiger partial charge in [0.2, 0.25) is 21.8 Å². The lowest BCUT2D eigenvalue weighted by atomic mass is 10.1. The van der Waals surface area contributed by atoms with E-state index < -0.39 is 28.5 Å². The fraction of sp³-hybridized carbons (Fsp3) is 0.440. The number of amides is 2. The van der Waals surface area contributed by atoms with Gasteiger partial charge in [-0.15, -0.1) is 0 Å². The van der Waals surface area contributed by atoms with E-state index in [9.17, 15) is 18.0 Å². The van der Waals surface area contributed by atoms with Crippen molar-refractivity contribution in [3.63, 3.8) is 0 Å². The second-order valence-corrected chi connectivity index (χ2v) is 11.5. The molecule has 34 heavy (non-hydrogen) atoms. The number of carbonyl (C=O) groups is 2. The van der Waals surface area contributed by atoms with Crippen LogP contribution in [0.2, 0.25) is 0 Å². The van der Waals surface area contributed by atoms with Crippen molar-refractivity contribution in [1.29, 1.82) is 0 Å². The number of aryl methyl sites for hydroxylation is 2. The highest BCUT2D eigenvalue weighted by Gasteiger charge is 2.30. The number of halogens is 1. The number of sulfonamides is 1. The highest BCUT2D eigenvalue weighted by atomic mass is 79.9. The van der Waals surface area contributed by atoms with Gasteiger partial charge in [0, 0.05) is 17.1 Å². The first-order valence-electron chi connectivity index (χ1n) is 11.2. The smallest absolute Gasteiger partial charge is 0.244 e. The maximum absolute atomic E-state index is 13.5. The number of carbonyl (C=O) groups excluding carboxylic acids is 2. The molecule has 7 nitrogen and oxygen atoms in total. The largest absolute Gasteiger partial charge is 0.352 e. The molecule has 9 heteroatoms. The topological polar surface area (TPSA) is 86.8 Å². The summed E-state index contributed by atoms with van der Waals surface area (Å²) in [5.74, 6) is -0.740. The van der Waals surface area contributed by atoms with Crippen LogP contribution in [0.15, 0.2) is 46.9 Å². The van der Waals surface area contributed by atoms with Gasteiger partial charge in [-0.2, -0.15) is 0 Å². The summed E-state index contributed by atoms with van der Waals surface area (Å²) in [6.45, 7) is 9.12. The van der Waals surface area contributed by atoms with Gasteiger partial charge >= 0.3 is 0 Å². The number of nitrogens with zero attached hydrogens (tertiary/aromatic N) is 2. The van der Waals surface area contributed by atoms with Crippen LogP contribution in [-0.4, -0.2) is 50.0 Å². The first kappa shape index (κ1) is 27.9. The molecule has 186 valence electrons. The molecule has 0 aliphatic rings. The predicted octanol–water partition coefficient (Wildman–Crippen LogP) is 4.16. The summed E-state index contributed by atoms with van der Waals surface area (Å²) in [6.07, 6.45) is 1.83. The lowest BCUT2D eigenvalue weighted by Gasteiger charge is -2.32. The van der Waals surface area contributed by atoms with Crippen LogP contribution >= 0.6 is 15.9 Å². The fourth-order valence-corrected chi connectivity index (χ4v) is 4.43. The van der Waals surface area contributed by atoms with Crippen LogP contribution in [0.1, 0.15) is 43.9 Å². The summed E-state index contributed by atoms with van der Waals surface area (Å²) in [4.78, 5) is 27.9. The minimum Gasteiger partial charge on any atom is -0.352 e. The SMILES string of the molecule is CC[C@@H](C)NC(=O)[C@H](C)N(Cc1ccc(Br)cc1)C(=O)CN(c1ccc(C)c(C)c1)S(C)(=O)=O. The molecule has 0 aliphatic heterocycles. The molecule has 0 radical (unpaired) electrons. The standard InChI is InChI=1S/C25H34BrN3O4S/c1-7-19(4)27-25(31)20(5)28(15-21-9-11-22(26)12-10-21)24(30)16-29(34(6,32)33)23-13-8-17(2)18(3)14-23/h8-14,19-20H,7,15-16H2,1-6H3,(H,27,31)/t19-,20+/m1/s1. The lowest BCUT2D eigenvalue weighted by Crippen LogP contribution is -2.52. The lowest BCUT2D eigenvalue weighted by molar-refractivity contribution is -0.139. The molecule has 0 spiro atoms. The fourth-order valence-electron chi connectivity index (χ4n) is 3.33. The van der Waals surface area contributed by atoms with E-state index in [4.69, 9.17) is 0 Å². The monoisotopic (exact) mass is 551 g/mol. The normalized spacial score (nSPS) is 13.1. The Bertz CT molecular complexity index is 1120. The average Bonchev–Trinajstić information content (AvgIpc) is 2.77. The van der Waals surface area contributed by atoms with Crippen molar-refractivity contribution in [3.05, 3.63) is 63.6 Å². The molecule has 0 saturated heterocycles. The van der Waals surface area contributed by atoms with Crippen molar-refractivity contribution < 1.29 is 18.0 Å². The van der Waals surface area contributed by atoms with Crippen LogP contribution in [0.5, 0.6) is 0 Å². The van der Waals surface area contributed by atoms with E-state index in [0.29, 0.717) is 5.69 Å². The van der Waals surface area contributed by atoms with Crippen molar-refractivity contribution in [1.82, 2.24) is 10.2 Å². The molecule has 2 amide bonds. The molecule has 0 fully saturated rings. The van der Waals surface area contributed by atoms with E-state index in [1.165, 1.54) is 4.90 Å². The maximum Gasteiger partial charge on any atom is 0.244 e. The first-order valence-corrected chi connectivity index (χ1v) is 13.9. The molecule has 2 aromatic rings. The first-order chi connectivity index (χ1) is 15.8. The molecule has 0 aliphatic carbocycles. The molecule has 2 atom stereocenters. The molecule has 1 N–H and O–H groups in total. The third-order valence-corrected chi connectivity index (χ3v) is 7.56. The van der Waals surface area contributed by atoms with Crippen LogP contribution in [0.3, 0.4) is 0 Å². The molecule has 0 bridgehead atoms. The van der Waals surface area contributed by atoms with Crippen molar-refractivity contribution in [2.45, 2.75) is 59.7 Å². The van der Waals surface area contributed by atoms with E-state index in [1.807, 2.05) is 58.0 Å². The quantitative estimate of drug-likeness (QED) is 0.480. The second kappa shape index (κ2) is 11.8. The van der Waals surface area contributed by atoms with Crippen molar-refractivity contribution in [2.75, 3.05) is 17.1 Å². The van der Waals surface area contributed by atoms with E-state index in [2.05, 4.69) is 21.2 Å². The summed E-state index contributed by atoms with van der Waals surface area (Å²) < 4.78 is 27.3. The van der Waals surface area contributed by atoms with Gasteiger partial charge in [-0.3, -0.25) is 13.9 Å². The van der Waals surface area contributed by atoms with Crippen LogP contribution in [0.25, 0.3) is 0 Å². The zero-order valence-electron chi connectivity index (χ0n) is 20.6. The number of hydrogen-bond acceptors (Lipinski definition) is 4. The zero-order chi connectivity index (χ0) is 25.6. The molecular weight excluding hydrogens is 518 g/mol. The van der Waals surface area contributed by atoms with Gasteiger partial charge in [-0.05, 0) is 75.1 Å². The molecule has 0 aromatic heterocycles. The minimum absolute atomic E-state index is 0.0392. The summed E-state index contributed by atoms with van der Waals surface area (Å²) in [5, 5.41) is 2.92. The van der Waals surface area contributed by atoms with Crippen molar-refractivity contribution in [3.8, 4) is 0 Å². The molecule has 0 unspecified atom stereocenters. The third kappa shape index (κ3) is 7.56. The van der Waals surface area contributed by atoms with Gasteiger partial charge in [-0.1, -0.05) is 41.1 Å². The van der Waals surface area contributed by atoms with Gasteiger partial charge in [0.05, 0.1) is 11.9 Å². The predicted molar refractivity (Wildman–Crippen MR) is 140 cm³/mol. The van der Waals surface area contributed by atoms with Crippen molar-refractivity contribution in [2.24, 2.45) is 0 Å². The molecular formula is C25H34BrN3O4S. The zero-order valence-corrected chi connectivity index (χ0v) is 23.0. The summed E-state index contributed by atoms with van der Waals surface area (Å²) in [7, 11) is -3.74. The summed E-state index contributed by atoms with van der Waals surface area (Å²) in [5.41, 5.74) is 3.19. The Morgan fingerprint density at radius 2 is 1.65 bits per heavy atom. The van der Waals surface area contributed by atoms with Crippen LogP contribution in [-0.2, 0) is 26.2 Å². The van der Waals surface area contributed by atoms with E-state index >= 15 is 0 Å². The number of benzene rings is 2. The Labute approximate surface area is 211 Å². The Kier molecular flexibility index (Phi) is 9.70. The maximum atomic E-state index is 13.5. The van der Waals surface area contributed by atoms with Crippen molar-refractivity contribution >= 4 is 43.5 Å². The highest BCUT2D eigenvalue weighted by molar-refractivity contribution is 9.10. The Hall–Kier alpha value is -2.39. The number of anilines is 1. The Balaban J connectivity index is 2.39. The summed E-state index contributed by atoms with van der Waals surface area (Å²) >= 11 is 3.40. The minimum atomic E-state index is -3.74. The van der Waals surface area contributed by atoms with Crippen LogP contribution < -0.4 is 9.62 Å². The number of rotatable bonds is 10. The molecule has 0 heterocycles. The Morgan fingerprint density at radius 1 is 1.03 bits per heavy atom. The van der Waals surface area contributed by atoms with E-state index in [1.54, 1.807) is 19.1 Å². The average molecular weight is 553 g/mol. The van der Waals surface area contributed by atoms with Crippen LogP contribution in [0, 0.1) is 13.8 Å². The molecule has 2 rings (SSSR count). The van der Waals surface area contributed by atoms with E-state index in [-0.39, 0.29) is 18.5 Å². The van der Waals surface area contributed by atoms with Gasteiger partial charge in [0.1, 0.15) is 12.6 Å². The summed E-state index contributed by atoms with van der Waals surface area (Å²) in [6, 6.07) is 11.9. The van der Waals surface area contributed by atoms with Gasteiger partial charge in [0.25, 0.3) is 0 Å². The molecule has 2 aromatic carbocycles. The number of hydrogen-bond donors (Lipinski definition) is 1. The number of nitrogens with one attached hydrogen (secondary N) is 1. The van der Waals surface area contributed by atoms with Gasteiger partial charge < -0.3 is 10.2 Å². The second-order valence-electron chi connectivity index (χ2n) is 8.68. The Morgan fingerprint density at radius 3 is 2.18 bits per heavy atom. The van der Waals surface area contributed by atoms with E-state index in [0.717, 1.165) is 38.1 Å². The van der Waals surface area contributed by atoms with Gasteiger partial charge in [0.15, 0.2) is 0 Å². The molecule has 0 saturated carbocycles. The van der Waals surface area contributed by atoms with Gasteiger partial charge in [-0.25, -0.2) is 8.42 Å². The van der Waals surface area contributed by atoms with Crippen LogP contribution in [0.4, 0.5) is 5.69 Å². The third-order valence-electron chi connectivity index (χ3n) is 5.89. The highest BCUT2D eigenvalue weighted by Crippen LogP contribution is 2.22.